The van der Waals surface area contributed by atoms with Gasteiger partial charge in [-0.15, -0.1) is 0 Å². The fourth-order valence-electron chi connectivity index (χ4n) is 2.48. The third-order valence-electron chi connectivity index (χ3n) is 3.80. The molecule has 26 heavy (non-hydrogen) atoms. The van der Waals surface area contributed by atoms with Crippen molar-refractivity contribution in [2.75, 3.05) is 26.4 Å². The van der Waals surface area contributed by atoms with Crippen LogP contribution in [0.15, 0.2) is 28.7 Å². The van der Waals surface area contributed by atoms with E-state index in [1.54, 1.807) is 19.1 Å². The molecule has 0 fully saturated rings. The number of sulfone groups is 1. The fraction of sp³-hybridized carbons (Fsp3) is 0.444. The number of hydrogen-bond acceptors (Lipinski definition) is 6. The number of rotatable bonds is 9. The van der Waals surface area contributed by atoms with E-state index in [0.29, 0.717) is 12.2 Å². The SMILES string of the molecule is Cc1oc(-c2ccccc2F)nc1CS(=O)(=O)CC(=O)CCCN(C)C. The van der Waals surface area contributed by atoms with E-state index < -0.39 is 27.2 Å². The van der Waals surface area contributed by atoms with E-state index in [-0.39, 0.29) is 29.4 Å². The first kappa shape index (κ1) is 20.3. The standard InChI is InChI=1S/C18H23FN2O4S/c1-13-17(20-18(25-13)15-8-4-5-9-16(15)19)12-26(23,24)11-14(22)7-6-10-21(2)3/h4-5,8-9H,6-7,10-12H2,1-3H3. The first-order valence-corrected chi connectivity index (χ1v) is 10.1. The predicted octanol–water partition coefficient (Wildman–Crippen LogP) is 2.61. The number of benzene rings is 1. The minimum absolute atomic E-state index is 0.0307. The quantitative estimate of drug-likeness (QED) is 0.663. The molecule has 2 aromatic rings. The van der Waals surface area contributed by atoms with Crippen LogP contribution in [0.2, 0.25) is 0 Å². The van der Waals surface area contributed by atoms with Gasteiger partial charge in [-0.05, 0) is 46.1 Å². The summed E-state index contributed by atoms with van der Waals surface area (Å²) in [6.07, 6.45) is 0.831. The average Bonchev–Trinajstić information content (AvgIpc) is 2.86. The summed E-state index contributed by atoms with van der Waals surface area (Å²) < 4.78 is 43.8. The maximum atomic E-state index is 13.8. The number of ketones is 1. The van der Waals surface area contributed by atoms with Crippen molar-refractivity contribution in [2.45, 2.75) is 25.5 Å². The van der Waals surface area contributed by atoms with E-state index in [0.717, 1.165) is 6.54 Å². The van der Waals surface area contributed by atoms with Crippen LogP contribution < -0.4 is 0 Å². The Bertz CT molecular complexity index is 875. The van der Waals surface area contributed by atoms with Crippen LogP contribution >= 0.6 is 0 Å². The van der Waals surface area contributed by atoms with E-state index in [1.165, 1.54) is 12.1 Å². The topological polar surface area (TPSA) is 80.5 Å². The molecule has 142 valence electrons. The van der Waals surface area contributed by atoms with Gasteiger partial charge in [0.1, 0.15) is 23.1 Å². The lowest BCUT2D eigenvalue weighted by atomic mass is 10.2. The summed E-state index contributed by atoms with van der Waals surface area (Å²) in [5.41, 5.74) is 0.364. The molecule has 0 saturated heterocycles. The van der Waals surface area contributed by atoms with E-state index in [4.69, 9.17) is 4.42 Å². The lowest BCUT2D eigenvalue weighted by Gasteiger charge is -2.08. The molecule has 0 amide bonds. The van der Waals surface area contributed by atoms with Gasteiger partial charge in [-0.25, -0.2) is 17.8 Å². The molecule has 8 heteroatoms. The van der Waals surface area contributed by atoms with Crippen molar-refractivity contribution in [3.63, 3.8) is 0 Å². The number of carbonyl (C=O) groups is 1. The highest BCUT2D eigenvalue weighted by Crippen LogP contribution is 2.25. The van der Waals surface area contributed by atoms with Gasteiger partial charge in [-0.2, -0.15) is 0 Å². The highest BCUT2D eigenvalue weighted by molar-refractivity contribution is 7.91. The molecule has 0 unspecified atom stereocenters. The molecular formula is C18H23FN2O4S. The monoisotopic (exact) mass is 382 g/mol. The minimum atomic E-state index is -3.67. The number of Topliss-reactive ketones (excluding diaryl/α,β-unsaturated/α-hetero) is 1. The van der Waals surface area contributed by atoms with Gasteiger partial charge in [-0.3, -0.25) is 4.79 Å². The van der Waals surface area contributed by atoms with Gasteiger partial charge in [0, 0.05) is 6.42 Å². The van der Waals surface area contributed by atoms with Crippen LogP contribution in [-0.2, 0) is 20.4 Å². The molecule has 0 saturated carbocycles. The van der Waals surface area contributed by atoms with E-state index >= 15 is 0 Å². The van der Waals surface area contributed by atoms with Crippen LogP contribution in [0.25, 0.3) is 11.5 Å². The molecule has 0 bridgehead atoms. The highest BCUT2D eigenvalue weighted by Gasteiger charge is 2.22. The summed E-state index contributed by atoms with van der Waals surface area (Å²) in [5.74, 6) is -1.42. The summed E-state index contributed by atoms with van der Waals surface area (Å²) >= 11 is 0. The Balaban J connectivity index is 2.06. The molecule has 0 aliphatic heterocycles. The van der Waals surface area contributed by atoms with Crippen LogP contribution in [-0.4, -0.2) is 50.5 Å². The van der Waals surface area contributed by atoms with Crippen LogP contribution in [0.5, 0.6) is 0 Å². The van der Waals surface area contributed by atoms with E-state index in [1.807, 2.05) is 19.0 Å². The maximum Gasteiger partial charge on any atom is 0.229 e. The Kier molecular flexibility index (Phi) is 6.66. The fourth-order valence-corrected chi connectivity index (χ4v) is 3.90. The van der Waals surface area contributed by atoms with Crippen molar-refractivity contribution in [1.29, 1.82) is 0 Å². The number of aromatic nitrogens is 1. The Morgan fingerprint density at radius 1 is 1.27 bits per heavy atom. The lowest BCUT2D eigenvalue weighted by molar-refractivity contribution is -0.116. The van der Waals surface area contributed by atoms with Gasteiger partial charge in [0.15, 0.2) is 9.84 Å². The number of hydrogen-bond donors (Lipinski definition) is 0. The Hall–Kier alpha value is -2.06. The molecule has 1 heterocycles. The number of aryl methyl sites for hydroxylation is 1. The van der Waals surface area contributed by atoms with Crippen LogP contribution in [0.3, 0.4) is 0 Å². The zero-order valence-corrected chi connectivity index (χ0v) is 16.0. The lowest BCUT2D eigenvalue weighted by Crippen LogP contribution is -2.20. The molecule has 0 radical (unpaired) electrons. The number of oxazole rings is 1. The second-order valence-electron chi connectivity index (χ2n) is 6.48. The number of carbonyl (C=O) groups excluding carboxylic acids is 1. The van der Waals surface area contributed by atoms with Crippen LogP contribution in [0.4, 0.5) is 4.39 Å². The largest absolute Gasteiger partial charge is 0.441 e. The van der Waals surface area contributed by atoms with Crippen molar-refractivity contribution >= 4 is 15.6 Å². The van der Waals surface area contributed by atoms with Gasteiger partial charge in [0.05, 0.1) is 17.0 Å². The Morgan fingerprint density at radius 3 is 2.62 bits per heavy atom. The van der Waals surface area contributed by atoms with Crippen LogP contribution in [0.1, 0.15) is 24.3 Å². The minimum Gasteiger partial charge on any atom is -0.441 e. The Morgan fingerprint density at radius 2 is 1.96 bits per heavy atom. The van der Waals surface area contributed by atoms with E-state index in [2.05, 4.69) is 4.98 Å². The van der Waals surface area contributed by atoms with Crippen molar-refractivity contribution in [3.05, 3.63) is 41.5 Å². The molecular weight excluding hydrogens is 359 g/mol. The summed E-state index contributed by atoms with van der Waals surface area (Å²) in [5, 5.41) is 0. The summed E-state index contributed by atoms with van der Waals surface area (Å²) in [6, 6.07) is 5.97. The molecule has 1 aromatic carbocycles. The molecule has 0 spiro atoms. The zero-order chi connectivity index (χ0) is 19.3. The molecule has 6 nitrogen and oxygen atoms in total. The Labute approximate surface area is 152 Å². The maximum absolute atomic E-state index is 13.8. The highest BCUT2D eigenvalue weighted by atomic mass is 32.2. The van der Waals surface area contributed by atoms with Crippen molar-refractivity contribution < 1.29 is 22.0 Å². The predicted molar refractivity (Wildman–Crippen MR) is 96.9 cm³/mol. The third kappa shape index (κ3) is 5.74. The molecule has 0 aliphatic carbocycles. The molecule has 2 rings (SSSR count). The molecule has 0 atom stereocenters. The first-order chi connectivity index (χ1) is 12.2. The van der Waals surface area contributed by atoms with Crippen molar-refractivity contribution in [3.8, 4) is 11.5 Å². The van der Waals surface area contributed by atoms with Gasteiger partial charge < -0.3 is 9.32 Å². The van der Waals surface area contributed by atoms with Crippen LogP contribution in [0, 0.1) is 12.7 Å². The van der Waals surface area contributed by atoms with Gasteiger partial charge in [0.25, 0.3) is 0 Å². The number of halogens is 1. The van der Waals surface area contributed by atoms with Crippen molar-refractivity contribution in [1.82, 2.24) is 9.88 Å². The second-order valence-corrected chi connectivity index (χ2v) is 8.54. The zero-order valence-electron chi connectivity index (χ0n) is 15.2. The van der Waals surface area contributed by atoms with Crippen molar-refractivity contribution in [2.24, 2.45) is 0 Å². The summed E-state index contributed by atoms with van der Waals surface area (Å²) in [4.78, 5) is 17.9. The number of nitrogens with zero attached hydrogens (tertiary/aromatic N) is 2. The molecule has 0 aliphatic rings. The van der Waals surface area contributed by atoms with Gasteiger partial charge in [-0.1, -0.05) is 12.1 Å². The third-order valence-corrected chi connectivity index (χ3v) is 5.27. The van der Waals surface area contributed by atoms with Gasteiger partial charge in [0.2, 0.25) is 5.89 Å². The molecule has 0 N–H and O–H groups in total. The van der Waals surface area contributed by atoms with E-state index in [9.17, 15) is 17.6 Å². The molecule has 1 aromatic heterocycles. The van der Waals surface area contributed by atoms with Gasteiger partial charge >= 0.3 is 0 Å². The second kappa shape index (κ2) is 8.55. The summed E-state index contributed by atoms with van der Waals surface area (Å²) in [7, 11) is 0.116. The normalized spacial score (nSPS) is 11.9. The first-order valence-electron chi connectivity index (χ1n) is 8.26. The summed E-state index contributed by atoms with van der Waals surface area (Å²) in [6.45, 7) is 2.29. The average molecular weight is 382 g/mol. The smallest absolute Gasteiger partial charge is 0.229 e.